The van der Waals surface area contributed by atoms with Crippen LogP contribution in [0.25, 0.3) is 0 Å². The minimum Gasteiger partial charge on any atom is -0.387 e. The van der Waals surface area contributed by atoms with Crippen LogP contribution in [-0.2, 0) is 0 Å². The summed E-state index contributed by atoms with van der Waals surface area (Å²) >= 11 is 4.52. The minimum atomic E-state index is -1.32. The quantitative estimate of drug-likeness (QED) is 0.415. The van der Waals surface area contributed by atoms with Gasteiger partial charge in [0.1, 0.15) is 5.82 Å². The van der Waals surface area contributed by atoms with Gasteiger partial charge < -0.3 is 10.5 Å². The Labute approximate surface area is 168 Å². The fourth-order valence-electron chi connectivity index (χ4n) is 2.78. The van der Waals surface area contributed by atoms with Crippen molar-refractivity contribution >= 4 is 38.8 Å². The molecule has 0 fully saturated rings. The number of Topliss-reactive ketones (excluding diaryl/α,β-unsaturated/α-hetero) is 1. The van der Waals surface area contributed by atoms with Crippen molar-refractivity contribution in [3.8, 4) is 0 Å². The van der Waals surface area contributed by atoms with E-state index in [4.69, 9.17) is 5.41 Å². The summed E-state index contributed by atoms with van der Waals surface area (Å²) in [6, 6.07) is 11.1. The lowest BCUT2D eigenvalue weighted by molar-refractivity contribution is 0.0797. The highest BCUT2D eigenvalue weighted by atomic mass is 79.9. The van der Waals surface area contributed by atoms with E-state index in [-0.39, 0.29) is 11.3 Å². The van der Waals surface area contributed by atoms with Gasteiger partial charge in [0, 0.05) is 18.0 Å². The van der Waals surface area contributed by atoms with Crippen LogP contribution in [0.1, 0.15) is 32.5 Å². The molecule has 2 atom stereocenters. The summed E-state index contributed by atoms with van der Waals surface area (Å²) in [5, 5.41) is 19.4. The Morgan fingerprint density at radius 3 is 2.67 bits per heavy atom. The van der Waals surface area contributed by atoms with E-state index in [2.05, 4.69) is 20.9 Å². The summed E-state index contributed by atoms with van der Waals surface area (Å²) in [4.78, 5) is 17.5. The maximum Gasteiger partial charge on any atom is 0.184 e. The first kappa shape index (κ1) is 19.5. The first-order chi connectivity index (χ1) is 12.9. The number of rotatable bonds is 6. The number of ketones is 1. The number of carbonyl (C=O) groups is 1. The second-order valence-electron chi connectivity index (χ2n) is 6.07. The fourth-order valence-corrected chi connectivity index (χ4v) is 4.15. The van der Waals surface area contributed by atoms with Gasteiger partial charge in [-0.05, 0) is 64.3 Å². The summed E-state index contributed by atoms with van der Waals surface area (Å²) in [5.41, 5.74) is 0.835. The monoisotopic (exact) mass is 446 g/mol. The molecule has 0 saturated heterocycles. The normalized spacial score (nSPS) is 13.2. The molecule has 0 aliphatic rings. The van der Waals surface area contributed by atoms with Gasteiger partial charge in [-0.1, -0.05) is 12.1 Å². The van der Waals surface area contributed by atoms with Crippen molar-refractivity contribution in [1.82, 2.24) is 4.98 Å². The maximum absolute atomic E-state index is 14.4. The van der Waals surface area contributed by atoms with Crippen molar-refractivity contribution in [1.29, 1.82) is 5.41 Å². The number of hydrogen-bond donors (Lipinski definition) is 2. The van der Waals surface area contributed by atoms with E-state index in [9.17, 15) is 14.3 Å². The van der Waals surface area contributed by atoms with Gasteiger partial charge in [-0.25, -0.2) is 4.39 Å². The van der Waals surface area contributed by atoms with Crippen LogP contribution in [-0.4, -0.2) is 21.6 Å². The smallest absolute Gasteiger partial charge is 0.184 e. The molecule has 2 unspecified atom stereocenters. The number of halogens is 2. The first-order valence-electron chi connectivity index (χ1n) is 8.11. The van der Waals surface area contributed by atoms with Gasteiger partial charge in [0.2, 0.25) is 0 Å². The van der Waals surface area contributed by atoms with Crippen LogP contribution in [0.3, 0.4) is 0 Å². The number of carbonyl (C=O) groups excluding carboxylic acids is 1. The molecule has 2 heterocycles. The van der Waals surface area contributed by atoms with Gasteiger partial charge in [-0.2, -0.15) is 0 Å². The second kappa shape index (κ2) is 8.21. The molecular formula is C20H16BrFN2O2S. The van der Waals surface area contributed by atoms with E-state index in [0.29, 0.717) is 16.0 Å². The lowest BCUT2D eigenvalue weighted by Gasteiger charge is -2.23. The zero-order valence-corrected chi connectivity index (χ0v) is 16.7. The van der Waals surface area contributed by atoms with E-state index >= 15 is 0 Å². The number of pyridine rings is 1. The zero-order valence-electron chi connectivity index (χ0n) is 14.3. The number of aliphatic hydroxyl groups excluding tert-OH is 1. The third kappa shape index (κ3) is 4.21. The number of aromatic nitrogens is 1. The average Bonchev–Trinajstić information content (AvgIpc) is 3.08. The van der Waals surface area contributed by atoms with Gasteiger partial charge in [-0.15, -0.1) is 11.3 Å². The molecule has 27 heavy (non-hydrogen) atoms. The molecule has 0 spiro atoms. The van der Waals surface area contributed by atoms with E-state index in [1.807, 2.05) is 0 Å². The third-order valence-corrected chi connectivity index (χ3v) is 5.80. The van der Waals surface area contributed by atoms with Gasteiger partial charge in [-0.3, -0.25) is 9.78 Å². The molecule has 7 heteroatoms. The van der Waals surface area contributed by atoms with Crippen molar-refractivity contribution in [3.05, 3.63) is 86.0 Å². The summed E-state index contributed by atoms with van der Waals surface area (Å²) in [6.45, 7) is 1.74. The van der Waals surface area contributed by atoms with Crippen LogP contribution in [0.5, 0.6) is 0 Å². The molecule has 0 radical (unpaired) electrons. The lowest BCUT2D eigenvalue weighted by atomic mass is 9.84. The Balaban J connectivity index is 2.06. The Kier molecular flexibility index (Phi) is 5.94. The second-order valence-corrected chi connectivity index (χ2v) is 8.54. The number of nitrogens with zero attached hydrogens (tertiary/aromatic N) is 1. The molecule has 138 valence electrons. The molecule has 0 amide bonds. The first-order valence-corrected chi connectivity index (χ1v) is 9.72. The minimum absolute atomic E-state index is 0.00230. The maximum atomic E-state index is 14.4. The summed E-state index contributed by atoms with van der Waals surface area (Å²) < 4.78 is 15.2. The average molecular weight is 447 g/mol. The van der Waals surface area contributed by atoms with Crippen LogP contribution < -0.4 is 0 Å². The predicted octanol–water partition coefficient (Wildman–Crippen LogP) is 4.95. The number of thiophene rings is 1. The number of aliphatic hydroxyl groups is 1. The molecule has 3 rings (SSSR count). The number of nitrogens with one attached hydrogen (secondary N) is 1. The van der Waals surface area contributed by atoms with E-state index in [1.54, 1.807) is 43.5 Å². The molecule has 1 aromatic carbocycles. The SMILES string of the molecule is Cc1ccc(C(=N)C(C(=O)c2ccc(Br)s2)C(O)c2cccnc2)c(F)c1. The van der Waals surface area contributed by atoms with Crippen molar-refractivity contribution < 1.29 is 14.3 Å². The molecule has 0 aliphatic carbocycles. The summed E-state index contributed by atoms with van der Waals surface area (Å²) in [6.07, 6.45) is 1.67. The van der Waals surface area contributed by atoms with Gasteiger partial charge in [0.05, 0.1) is 26.4 Å². The number of hydrogen-bond acceptors (Lipinski definition) is 5. The molecule has 0 aliphatic heterocycles. The van der Waals surface area contributed by atoms with Crippen molar-refractivity contribution in [3.63, 3.8) is 0 Å². The third-order valence-electron chi connectivity index (χ3n) is 4.17. The van der Waals surface area contributed by atoms with Crippen LogP contribution in [0.2, 0.25) is 0 Å². The summed E-state index contributed by atoms with van der Waals surface area (Å²) in [5.74, 6) is -2.28. The van der Waals surface area contributed by atoms with Crippen LogP contribution in [0.4, 0.5) is 4.39 Å². The zero-order chi connectivity index (χ0) is 19.6. The highest BCUT2D eigenvalue weighted by molar-refractivity contribution is 9.11. The molecule has 0 bridgehead atoms. The molecule has 0 saturated carbocycles. The van der Waals surface area contributed by atoms with Gasteiger partial charge >= 0.3 is 0 Å². The molecule has 2 aromatic heterocycles. The molecule has 3 aromatic rings. The highest BCUT2D eigenvalue weighted by Gasteiger charge is 2.35. The fraction of sp³-hybridized carbons (Fsp3) is 0.150. The number of benzene rings is 1. The standard InChI is InChI=1S/C20H16BrFN2O2S/c1-11-4-5-13(14(22)9-11)18(23)17(19(25)12-3-2-8-24-10-12)20(26)15-6-7-16(21)27-15/h2-10,17,19,23,25H,1H3. The highest BCUT2D eigenvalue weighted by Crippen LogP contribution is 2.32. The van der Waals surface area contributed by atoms with Crippen molar-refractivity contribution in [2.45, 2.75) is 13.0 Å². The molecule has 4 nitrogen and oxygen atoms in total. The Bertz CT molecular complexity index is 991. The Hall–Kier alpha value is -2.22. The Morgan fingerprint density at radius 2 is 2.07 bits per heavy atom. The van der Waals surface area contributed by atoms with Gasteiger partial charge in [0.15, 0.2) is 5.78 Å². The Morgan fingerprint density at radius 1 is 1.30 bits per heavy atom. The van der Waals surface area contributed by atoms with Crippen LogP contribution in [0.15, 0.2) is 58.6 Å². The lowest BCUT2D eigenvalue weighted by Crippen LogP contribution is -2.31. The predicted molar refractivity (Wildman–Crippen MR) is 107 cm³/mol. The van der Waals surface area contributed by atoms with Gasteiger partial charge in [0.25, 0.3) is 0 Å². The van der Waals surface area contributed by atoms with E-state index in [1.165, 1.54) is 29.7 Å². The molecular weight excluding hydrogens is 431 g/mol. The largest absolute Gasteiger partial charge is 0.387 e. The van der Waals surface area contributed by atoms with E-state index in [0.717, 1.165) is 3.79 Å². The van der Waals surface area contributed by atoms with Crippen molar-refractivity contribution in [2.24, 2.45) is 5.92 Å². The topological polar surface area (TPSA) is 74.0 Å². The molecule has 2 N–H and O–H groups in total. The van der Waals surface area contributed by atoms with Crippen molar-refractivity contribution in [2.75, 3.05) is 0 Å². The van der Waals surface area contributed by atoms with Crippen LogP contribution >= 0.6 is 27.3 Å². The van der Waals surface area contributed by atoms with E-state index < -0.39 is 23.6 Å². The van der Waals surface area contributed by atoms with Crippen LogP contribution in [0, 0.1) is 24.1 Å². The number of aryl methyl sites for hydroxylation is 1. The summed E-state index contributed by atoms with van der Waals surface area (Å²) in [7, 11) is 0.